The van der Waals surface area contributed by atoms with Gasteiger partial charge in [0.25, 0.3) is 0 Å². The second kappa shape index (κ2) is 6.59. The Morgan fingerprint density at radius 2 is 2.05 bits per heavy atom. The van der Waals surface area contributed by atoms with Crippen molar-refractivity contribution < 1.29 is 8.42 Å². The summed E-state index contributed by atoms with van der Waals surface area (Å²) in [5.41, 5.74) is 2.03. The number of benzene rings is 1. The third-order valence-electron chi connectivity index (χ3n) is 4.80. The molecule has 0 aromatic heterocycles. The van der Waals surface area contributed by atoms with Crippen LogP contribution in [-0.4, -0.2) is 45.2 Å². The molecule has 0 spiro atoms. The van der Waals surface area contributed by atoms with E-state index in [-0.39, 0.29) is 5.75 Å². The second-order valence-corrected chi connectivity index (χ2v) is 8.68. The molecular weight excluding hydrogens is 296 g/mol. The number of rotatable bonds is 5. The second-order valence-electron chi connectivity index (χ2n) is 6.67. The Kier molecular flexibility index (Phi) is 4.73. The maximum absolute atomic E-state index is 12.6. The summed E-state index contributed by atoms with van der Waals surface area (Å²) in [4.78, 5) is 2.42. The summed E-state index contributed by atoms with van der Waals surface area (Å²) in [7, 11) is -3.18. The zero-order valence-electron chi connectivity index (χ0n) is 13.4. The van der Waals surface area contributed by atoms with E-state index < -0.39 is 10.0 Å². The molecule has 2 aliphatic heterocycles. The summed E-state index contributed by atoms with van der Waals surface area (Å²) in [6.45, 7) is 6.02. The van der Waals surface area contributed by atoms with Gasteiger partial charge in [-0.3, -0.25) is 4.31 Å². The molecule has 0 amide bonds. The lowest BCUT2D eigenvalue weighted by atomic mass is 10.0. The maximum atomic E-state index is 12.6. The summed E-state index contributed by atoms with van der Waals surface area (Å²) in [5.74, 6) is 1.00. The first-order valence-electron chi connectivity index (χ1n) is 8.37. The maximum Gasteiger partial charge on any atom is 0.235 e. The van der Waals surface area contributed by atoms with Gasteiger partial charge in [0, 0.05) is 13.1 Å². The zero-order valence-corrected chi connectivity index (χ0v) is 14.2. The van der Waals surface area contributed by atoms with Gasteiger partial charge in [-0.15, -0.1) is 0 Å². The minimum Gasteiger partial charge on any atom is -0.303 e. The fourth-order valence-corrected chi connectivity index (χ4v) is 5.23. The average molecular weight is 322 g/mol. The largest absolute Gasteiger partial charge is 0.303 e. The predicted octanol–water partition coefficient (Wildman–Crippen LogP) is 2.50. The molecule has 0 aliphatic carbocycles. The highest BCUT2D eigenvalue weighted by molar-refractivity contribution is 7.92. The normalized spacial score (nSPS) is 22.8. The highest BCUT2D eigenvalue weighted by Gasteiger charge is 2.28. The van der Waals surface area contributed by atoms with Crippen LogP contribution in [0.15, 0.2) is 24.3 Å². The van der Waals surface area contributed by atoms with E-state index in [1.807, 2.05) is 24.3 Å². The van der Waals surface area contributed by atoms with Gasteiger partial charge in [-0.1, -0.05) is 25.1 Å². The molecule has 22 heavy (non-hydrogen) atoms. The Morgan fingerprint density at radius 1 is 1.23 bits per heavy atom. The molecule has 5 heteroatoms. The molecule has 4 nitrogen and oxygen atoms in total. The Hall–Kier alpha value is -1.07. The highest BCUT2D eigenvalue weighted by atomic mass is 32.2. The van der Waals surface area contributed by atoms with Gasteiger partial charge in [-0.2, -0.15) is 0 Å². The van der Waals surface area contributed by atoms with Crippen molar-refractivity contribution in [3.63, 3.8) is 0 Å². The monoisotopic (exact) mass is 322 g/mol. The molecule has 1 aromatic carbocycles. The van der Waals surface area contributed by atoms with Gasteiger partial charge in [-0.25, -0.2) is 8.42 Å². The van der Waals surface area contributed by atoms with Crippen LogP contribution in [0.25, 0.3) is 0 Å². The van der Waals surface area contributed by atoms with Crippen molar-refractivity contribution in [1.29, 1.82) is 0 Å². The third kappa shape index (κ3) is 3.46. The number of anilines is 1. The van der Waals surface area contributed by atoms with Gasteiger partial charge in [0.05, 0.1) is 11.4 Å². The summed E-state index contributed by atoms with van der Waals surface area (Å²) < 4.78 is 26.8. The molecule has 0 bridgehead atoms. The van der Waals surface area contributed by atoms with Crippen LogP contribution in [0.4, 0.5) is 5.69 Å². The van der Waals surface area contributed by atoms with Crippen LogP contribution in [0.5, 0.6) is 0 Å². The van der Waals surface area contributed by atoms with Crippen LogP contribution in [0.1, 0.15) is 31.7 Å². The van der Waals surface area contributed by atoms with E-state index in [4.69, 9.17) is 0 Å². The summed E-state index contributed by atoms with van der Waals surface area (Å²) >= 11 is 0. The van der Waals surface area contributed by atoms with Crippen LogP contribution in [0, 0.1) is 5.92 Å². The van der Waals surface area contributed by atoms with Gasteiger partial charge >= 0.3 is 0 Å². The SMILES string of the molecule is CC1CCCN(CCCS(=O)(=O)N2CCc3ccccc32)C1. The van der Waals surface area contributed by atoms with Crippen LogP contribution in [-0.2, 0) is 16.4 Å². The van der Waals surface area contributed by atoms with E-state index in [1.165, 1.54) is 12.8 Å². The Labute approximate surface area is 134 Å². The quantitative estimate of drug-likeness (QED) is 0.836. The van der Waals surface area contributed by atoms with Crippen LogP contribution in [0.2, 0.25) is 0 Å². The van der Waals surface area contributed by atoms with Crippen molar-refractivity contribution >= 4 is 15.7 Å². The Bertz CT molecular complexity index is 615. The first-order chi connectivity index (χ1) is 10.6. The molecule has 1 fully saturated rings. The van der Waals surface area contributed by atoms with Gasteiger partial charge < -0.3 is 4.90 Å². The average Bonchev–Trinajstić information content (AvgIpc) is 2.92. The number of nitrogens with zero attached hydrogens (tertiary/aromatic N) is 2. The fraction of sp³-hybridized carbons (Fsp3) is 0.647. The molecule has 1 aromatic rings. The lowest BCUT2D eigenvalue weighted by Gasteiger charge is -2.31. The molecule has 1 unspecified atom stereocenters. The van der Waals surface area contributed by atoms with Crippen LogP contribution < -0.4 is 4.31 Å². The van der Waals surface area contributed by atoms with Crippen molar-refractivity contribution in [2.24, 2.45) is 5.92 Å². The van der Waals surface area contributed by atoms with Crippen molar-refractivity contribution in [3.05, 3.63) is 29.8 Å². The molecule has 0 N–H and O–H groups in total. The number of para-hydroxylation sites is 1. The van der Waals surface area contributed by atoms with Gasteiger partial charge in [0.1, 0.15) is 0 Å². The number of sulfonamides is 1. The lowest BCUT2D eigenvalue weighted by molar-refractivity contribution is 0.184. The van der Waals surface area contributed by atoms with Crippen LogP contribution in [0.3, 0.4) is 0 Å². The van der Waals surface area contributed by atoms with Crippen molar-refractivity contribution in [2.75, 3.05) is 36.2 Å². The van der Waals surface area contributed by atoms with E-state index in [0.717, 1.165) is 49.6 Å². The van der Waals surface area contributed by atoms with E-state index in [9.17, 15) is 8.42 Å². The smallest absolute Gasteiger partial charge is 0.235 e. The summed E-state index contributed by atoms with van der Waals surface area (Å²) in [6.07, 6.45) is 4.11. The first kappa shape index (κ1) is 15.8. The van der Waals surface area contributed by atoms with Gasteiger partial charge in [0.2, 0.25) is 10.0 Å². The third-order valence-corrected chi connectivity index (χ3v) is 6.65. The molecular formula is C17H26N2O2S. The predicted molar refractivity (Wildman–Crippen MR) is 90.7 cm³/mol. The number of hydrogen-bond acceptors (Lipinski definition) is 3. The zero-order chi connectivity index (χ0) is 15.6. The molecule has 0 saturated carbocycles. The minimum absolute atomic E-state index is 0.256. The topological polar surface area (TPSA) is 40.6 Å². The molecule has 2 aliphatic rings. The number of piperidine rings is 1. The van der Waals surface area contributed by atoms with E-state index >= 15 is 0 Å². The standard InChI is InChI=1S/C17H26N2O2S/c1-15-6-4-10-18(14-15)11-5-13-22(20,21)19-12-9-16-7-2-3-8-17(16)19/h2-3,7-8,15H,4-6,9-14H2,1H3. The molecule has 3 rings (SSSR count). The Morgan fingerprint density at radius 3 is 2.86 bits per heavy atom. The summed E-state index contributed by atoms with van der Waals surface area (Å²) in [5, 5.41) is 0. The fourth-order valence-electron chi connectivity index (χ4n) is 3.67. The first-order valence-corrected chi connectivity index (χ1v) is 9.98. The van der Waals surface area contributed by atoms with E-state index in [2.05, 4.69) is 11.8 Å². The minimum atomic E-state index is -3.18. The van der Waals surface area contributed by atoms with Crippen molar-refractivity contribution in [2.45, 2.75) is 32.6 Å². The van der Waals surface area contributed by atoms with Crippen LogP contribution >= 0.6 is 0 Å². The molecule has 0 radical (unpaired) electrons. The molecule has 2 heterocycles. The number of hydrogen-bond donors (Lipinski definition) is 0. The summed E-state index contributed by atoms with van der Waals surface area (Å²) in [6, 6.07) is 7.85. The van der Waals surface area contributed by atoms with E-state index in [0.29, 0.717) is 6.54 Å². The Balaban J connectivity index is 1.56. The van der Waals surface area contributed by atoms with Gasteiger partial charge in [-0.05, 0) is 56.3 Å². The molecule has 122 valence electrons. The highest BCUT2D eigenvalue weighted by Crippen LogP contribution is 2.30. The lowest BCUT2D eigenvalue weighted by Crippen LogP contribution is -2.37. The van der Waals surface area contributed by atoms with Crippen molar-refractivity contribution in [3.8, 4) is 0 Å². The van der Waals surface area contributed by atoms with E-state index in [1.54, 1.807) is 4.31 Å². The van der Waals surface area contributed by atoms with Gasteiger partial charge in [0.15, 0.2) is 0 Å². The number of fused-ring (bicyclic) bond motifs is 1. The molecule has 1 atom stereocenters. The van der Waals surface area contributed by atoms with Crippen molar-refractivity contribution in [1.82, 2.24) is 4.90 Å². The number of likely N-dealkylation sites (tertiary alicyclic amines) is 1. The molecule has 1 saturated heterocycles.